The predicted octanol–water partition coefficient (Wildman–Crippen LogP) is 2.50. The van der Waals surface area contributed by atoms with Crippen molar-refractivity contribution in [3.05, 3.63) is 28.7 Å². The van der Waals surface area contributed by atoms with Crippen LogP contribution < -0.4 is 5.32 Å². The van der Waals surface area contributed by atoms with E-state index in [4.69, 9.17) is 4.52 Å². The average molecular weight is 321 g/mol. The molecular formula is C13H13BrN4O. The van der Waals surface area contributed by atoms with Crippen LogP contribution in [0.4, 0.5) is 0 Å². The van der Waals surface area contributed by atoms with Gasteiger partial charge in [-0.05, 0) is 47.3 Å². The fourth-order valence-corrected chi connectivity index (χ4v) is 3.56. The minimum absolute atomic E-state index is 0.363. The Bertz CT molecular complexity index is 614. The third-order valence-corrected chi connectivity index (χ3v) is 4.67. The third kappa shape index (κ3) is 1.90. The summed E-state index contributed by atoms with van der Waals surface area (Å²) < 4.78 is 6.33. The van der Waals surface area contributed by atoms with Crippen molar-refractivity contribution in [3.8, 4) is 11.5 Å². The van der Waals surface area contributed by atoms with Crippen molar-refractivity contribution in [2.45, 2.75) is 37.3 Å². The Hall–Kier alpha value is -1.27. The van der Waals surface area contributed by atoms with E-state index in [1.165, 1.54) is 12.8 Å². The molecule has 5 nitrogen and oxygen atoms in total. The van der Waals surface area contributed by atoms with Crippen LogP contribution in [0.1, 0.15) is 31.1 Å². The molecule has 2 saturated heterocycles. The first-order valence-electron chi connectivity index (χ1n) is 6.52. The molecule has 2 aliphatic heterocycles. The van der Waals surface area contributed by atoms with Gasteiger partial charge in [0, 0.05) is 22.8 Å². The van der Waals surface area contributed by atoms with Crippen molar-refractivity contribution in [1.82, 2.24) is 20.4 Å². The van der Waals surface area contributed by atoms with Crippen LogP contribution in [0.5, 0.6) is 0 Å². The molecule has 2 bridgehead atoms. The number of halogens is 1. The molecule has 0 amide bonds. The van der Waals surface area contributed by atoms with E-state index in [1.54, 1.807) is 6.20 Å². The molecule has 2 aromatic heterocycles. The Morgan fingerprint density at radius 2 is 2.32 bits per heavy atom. The van der Waals surface area contributed by atoms with Crippen LogP contribution in [-0.2, 0) is 0 Å². The van der Waals surface area contributed by atoms with E-state index in [9.17, 15) is 0 Å². The van der Waals surface area contributed by atoms with Gasteiger partial charge in [0.15, 0.2) is 0 Å². The van der Waals surface area contributed by atoms with Crippen LogP contribution in [0.25, 0.3) is 11.5 Å². The van der Waals surface area contributed by atoms with Gasteiger partial charge in [-0.15, -0.1) is 0 Å². The zero-order chi connectivity index (χ0) is 12.8. The molecule has 4 rings (SSSR count). The lowest BCUT2D eigenvalue weighted by atomic mass is 9.89. The molecule has 3 unspecified atom stereocenters. The van der Waals surface area contributed by atoms with Crippen LogP contribution in [-0.4, -0.2) is 27.2 Å². The van der Waals surface area contributed by atoms with E-state index in [0.717, 1.165) is 22.5 Å². The molecule has 2 aromatic rings. The van der Waals surface area contributed by atoms with E-state index in [1.807, 2.05) is 12.1 Å². The number of nitrogens with zero attached hydrogens (tertiary/aromatic N) is 3. The first-order valence-corrected chi connectivity index (χ1v) is 7.31. The molecule has 2 aliphatic rings. The number of fused-ring (bicyclic) bond motifs is 2. The fraction of sp³-hybridized carbons (Fsp3) is 0.462. The Balaban J connectivity index is 1.65. The Morgan fingerprint density at radius 3 is 3.05 bits per heavy atom. The molecule has 0 aliphatic carbocycles. The highest BCUT2D eigenvalue weighted by Gasteiger charge is 2.42. The van der Waals surface area contributed by atoms with E-state index in [-0.39, 0.29) is 0 Å². The fourth-order valence-electron chi connectivity index (χ4n) is 3.13. The van der Waals surface area contributed by atoms with Gasteiger partial charge >= 0.3 is 0 Å². The number of hydrogen-bond acceptors (Lipinski definition) is 5. The summed E-state index contributed by atoms with van der Waals surface area (Å²) in [6.45, 7) is 0. The molecule has 2 fully saturated rings. The van der Waals surface area contributed by atoms with Gasteiger partial charge in [-0.1, -0.05) is 5.16 Å². The van der Waals surface area contributed by atoms with E-state index < -0.39 is 0 Å². The van der Waals surface area contributed by atoms with Crippen LogP contribution in [0.2, 0.25) is 0 Å². The zero-order valence-corrected chi connectivity index (χ0v) is 11.8. The highest BCUT2D eigenvalue weighted by molar-refractivity contribution is 9.10. The van der Waals surface area contributed by atoms with E-state index in [2.05, 4.69) is 36.4 Å². The normalized spacial score (nSPS) is 29.0. The van der Waals surface area contributed by atoms with Gasteiger partial charge in [0.2, 0.25) is 11.7 Å². The Morgan fingerprint density at radius 1 is 1.37 bits per heavy atom. The number of aromatic nitrogens is 3. The van der Waals surface area contributed by atoms with Crippen LogP contribution in [0.3, 0.4) is 0 Å². The van der Waals surface area contributed by atoms with Crippen molar-refractivity contribution in [2.75, 3.05) is 0 Å². The lowest BCUT2D eigenvalue weighted by molar-refractivity contribution is 0.329. The topological polar surface area (TPSA) is 63.8 Å². The molecule has 0 radical (unpaired) electrons. The maximum absolute atomic E-state index is 5.45. The monoisotopic (exact) mass is 320 g/mol. The first-order chi connectivity index (χ1) is 9.31. The number of hydrogen-bond donors (Lipinski definition) is 1. The van der Waals surface area contributed by atoms with Crippen molar-refractivity contribution < 1.29 is 4.52 Å². The minimum Gasteiger partial charge on any atom is -0.339 e. The molecule has 1 N–H and O–H groups in total. The van der Waals surface area contributed by atoms with Crippen molar-refractivity contribution in [2.24, 2.45) is 0 Å². The van der Waals surface area contributed by atoms with E-state index in [0.29, 0.717) is 23.8 Å². The van der Waals surface area contributed by atoms with Crippen LogP contribution in [0, 0.1) is 0 Å². The number of nitrogens with one attached hydrogen (secondary N) is 1. The SMILES string of the molecule is Brc1cccnc1-c1noc(C2CC3CCC2N3)n1. The van der Waals surface area contributed by atoms with Crippen molar-refractivity contribution >= 4 is 15.9 Å². The molecule has 0 spiro atoms. The molecule has 19 heavy (non-hydrogen) atoms. The smallest absolute Gasteiger partial charge is 0.231 e. The maximum Gasteiger partial charge on any atom is 0.231 e. The summed E-state index contributed by atoms with van der Waals surface area (Å²) in [4.78, 5) is 8.82. The number of rotatable bonds is 2. The molecule has 98 valence electrons. The minimum atomic E-state index is 0.363. The lowest BCUT2D eigenvalue weighted by Crippen LogP contribution is -2.21. The van der Waals surface area contributed by atoms with Gasteiger partial charge in [-0.2, -0.15) is 4.98 Å². The zero-order valence-electron chi connectivity index (χ0n) is 10.2. The third-order valence-electron chi connectivity index (χ3n) is 4.03. The van der Waals surface area contributed by atoms with Gasteiger partial charge in [-0.25, -0.2) is 0 Å². The second-order valence-corrected chi connectivity index (χ2v) is 6.03. The summed E-state index contributed by atoms with van der Waals surface area (Å²) >= 11 is 3.46. The summed E-state index contributed by atoms with van der Waals surface area (Å²) in [7, 11) is 0. The van der Waals surface area contributed by atoms with Crippen LogP contribution >= 0.6 is 15.9 Å². The van der Waals surface area contributed by atoms with Crippen LogP contribution in [0.15, 0.2) is 27.3 Å². The first kappa shape index (κ1) is 11.5. The summed E-state index contributed by atoms with van der Waals surface area (Å²) in [6, 6.07) is 4.93. The summed E-state index contributed by atoms with van der Waals surface area (Å²) in [5.74, 6) is 1.67. The quantitative estimate of drug-likeness (QED) is 0.921. The predicted molar refractivity (Wildman–Crippen MR) is 72.5 cm³/mol. The standard InChI is InChI=1S/C13H13BrN4O/c14-9-2-1-5-15-11(9)12-17-13(19-18-12)8-6-7-3-4-10(8)16-7/h1-2,5,7-8,10,16H,3-4,6H2. The Labute approximate surface area is 118 Å². The average Bonchev–Trinajstić information content (AvgIpc) is 3.15. The molecule has 0 aromatic carbocycles. The Kier molecular flexibility index (Phi) is 2.66. The van der Waals surface area contributed by atoms with Gasteiger partial charge in [0.05, 0.1) is 5.92 Å². The summed E-state index contributed by atoms with van der Waals surface area (Å²) in [5.41, 5.74) is 0.730. The van der Waals surface area contributed by atoms with Gasteiger partial charge < -0.3 is 9.84 Å². The highest BCUT2D eigenvalue weighted by Crippen LogP contribution is 2.39. The second-order valence-electron chi connectivity index (χ2n) is 5.18. The highest BCUT2D eigenvalue weighted by atomic mass is 79.9. The van der Waals surface area contributed by atoms with Gasteiger partial charge in [0.1, 0.15) is 5.69 Å². The molecule has 6 heteroatoms. The molecule has 0 saturated carbocycles. The van der Waals surface area contributed by atoms with Crippen molar-refractivity contribution in [3.63, 3.8) is 0 Å². The van der Waals surface area contributed by atoms with Gasteiger partial charge in [0.25, 0.3) is 0 Å². The largest absolute Gasteiger partial charge is 0.339 e. The molecule has 4 heterocycles. The van der Waals surface area contributed by atoms with Gasteiger partial charge in [-0.3, -0.25) is 4.98 Å². The molecule has 3 atom stereocenters. The van der Waals surface area contributed by atoms with Crippen molar-refractivity contribution in [1.29, 1.82) is 0 Å². The summed E-state index contributed by atoms with van der Waals surface area (Å²) in [6.07, 6.45) is 5.32. The second kappa shape index (κ2) is 4.38. The number of pyridine rings is 1. The maximum atomic E-state index is 5.45. The molecular weight excluding hydrogens is 308 g/mol. The summed E-state index contributed by atoms with van der Waals surface area (Å²) in [5, 5.41) is 7.65. The lowest BCUT2D eigenvalue weighted by Gasteiger charge is -2.15. The van der Waals surface area contributed by atoms with E-state index >= 15 is 0 Å².